The van der Waals surface area contributed by atoms with Crippen LogP contribution >= 0.6 is 11.8 Å². The van der Waals surface area contributed by atoms with Crippen LogP contribution in [0.5, 0.6) is 5.75 Å². The van der Waals surface area contributed by atoms with Gasteiger partial charge in [0.05, 0.1) is 22.6 Å². The van der Waals surface area contributed by atoms with E-state index < -0.39 is 0 Å². The lowest BCUT2D eigenvalue weighted by atomic mass is 10.1. The molecule has 0 saturated heterocycles. The third-order valence-corrected chi connectivity index (χ3v) is 5.47. The lowest BCUT2D eigenvalue weighted by molar-refractivity contribution is -0.120. The number of hydrogen-bond donors (Lipinski definition) is 0. The first-order chi connectivity index (χ1) is 12.5. The number of nitriles is 1. The van der Waals surface area contributed by atoms with Crippen molar-refractivity contribution in [2.24, 2.45) is 0 Å². The average molecular weight is 366 g/mol. The van der Waals surface area contributed by atoms with Crippen molar-refractivity contribution in [3.63, 3.8) is 0 Å². The van der Waals surface area contributed by atoms with Crippen LogP contribution in [0.15, 0.2) is 42.5 Å². The van der Waals surface area contributed by atoms with Crippen molar-refractivity contribution in [2.75, 3.05) is 18.6 Å². The highest BCUT2D eigenvalue weighted by Gasteiger charge is 2.24. The third kappa shape index (κ3) is 3.73. The van der Waals surface area contributed by atoms with Gasteiger partial charge in [-0.3, -0.25) is 9.59 Å². The lowest BCUT2D eigenvalue weighted by Gasteiger charge is -2.26. The zero-order valence-corrected chi connectivity index (χ0v) is 15.4. The molecule has 0 aromatic heterocycles. The molecule has 1 unspecified atom stereocenters. The molecule has 2 aromatic carbocycles. The molecule has 1 aliphatic heterocycles. The summed E-state index contributed by atoms with van der Waals surface area (Å²) in [5.41, 5.74) is 2.80. The standard InChI is InChI=1S/C20H18N2O3S/c1-13(26-12-15-5-3-4-14(8-15)10-21)20(24)16-6-7-18-17(9-16)22(2)19(23)11-25-18/h3-9,13H,11-12H2,1-2H3. The van der Waals surface area contributed by atoms with E-state index >= 15 is 0 Å². The van der Waals surface area contributed by atoms with Crippen LogP contribution in [-0.4, -0.2) is 30.6 Å². The average Bonchev–Trinajstić information content (AvgIpc) is 2.68. The number of anilines is 1. The summed E-state index contributed by atoms with van der Waals surface area (Å²) in [7, 11) is 1.68. The van der Waals surface area contributed by atoms with Gasteiger partial charge in [0, 0.05) is 18.4 Å². The van der Waals surface area contributed by atoms with Crippen molar-refractivity contribution < 1.29 is 14.3 Å². The quantitative estimate of drug-likeness (QED) is 0.759. The second-order valence-corrected chi connectivity index (χ2v) is 7.38. The molecule has 6 heteroatoms. The number of nitrogens with zero attached hydrogens (tertiary/aromatic N) is 2. The van der Waals surface area contributed by atoms with Gasteiger partial charge in [-0.25, -0.2) is 0 Å². The fourth-order valence-corrected chi connectivity index (χ4v) is 3.60. The molecule has 0 saturated carbocycles. The molecule has 0 bridgehead atoms. The predicted molar refractivity (Wildman–Crippen MR) is 102 cm³/mol. The van der Waals surface area contributed by atoms with Crippen LogP contribution in [0.2, 0.25) is 0 Å². The molecule has 1 aliphatic rings. The Morgan fingerprint density at radius 1 is 1.35 bits per heavy atom. The number of Topliss-reactive ketones (excluding diaryl/α,β-unsaturated/α-hetero) is 1. The Hall–Kier alpha value is -2.78. The number of rotatable bonds is 5. The maximum absolute atomic E-state index is 12.7. The minimum Gasteiger partial charge on any atom is -0.482 e. The van der Waals surface area contributed by atoms with Crippen LogP contribution in [0.1, 0.15) is 28.4 Å². The van der Waals surface area contributed by atoms with Gasteiger partial charge in [0.15, 0.2) is 12.4 Å². The van der Waals surface area contributed by atoms with Gasteiger partial charge in [-0.15, -0.1) is 11.8 Å². The largest absolute Gasteiger partial charge is 0.482 e. The van der Waals surface area contributed by atoms with Gasteiger partial charge in [-0.1, -0.05) is 12.1 Å². The third-order valence-electron chi connectivity index (χ3n) is 4.26. The minimum atomic E-state index is -0.246. The molecule has 2 aromatic rings. The van der Waals surface area contributed by atoms with Gasteiger partial charge in [0.1, 0.15) is 5.75 Å². The summed E-state index contributed by atoms with van der Waals surface area (Å²) < 4.78 is 5.39. The van der Waals surface area contributed by atoms with E-state index in [1.807, 2.05) is 25.1 Å². The number of fused-ring (bicyclic) bond motifs is 1. The van der Waals surface area contributed by atoms with Crippen LogP contribution in [0.25, 0.3) is 0 Å². The highest BCUT2D eigenvalue weighted by molar-refractivity contribution is 7.99. The Balaban J connectivity index is 1.70. The Kier molecular flexibility index (Phi) is 5.29. The zero-order chi connectivity index (χ0) is 18.7. The number of hydrogen-bond acceptors (Lipinski definition) is 5. The summed E-state index contributed by atoms with van der Waals surface area (Å²) in [6, 6.07) is 14.7. The van der Waals surface area contributed by atoms with Gasteiger partial charge in [0.25, 0.3) is 5.91 Å². The Bertz CT molecular complexity index is 904. The number of thioether (sulfide) groups is 1. The van der Waals surface area contributed by atoms with Crippen molar-refractivity contribution in [1.82, 2.24) is 0 Å². The second-order valence-electron chi connectivity index (χ2n) is 6.05. The molecular weight excluding hydrogens is 348 g/mol. The molecule has 3 rings (SSSR count). The summed E-state index contributed by atoms with van der Waals surface area (Å²) >= 11 is 1.52. The fourth-order valence-electron chi connectivity index (χ4n) is 2.69. The number of amides is 1. The number of benzene rings is 2. The van der Waals surface area contributed by atoms with E-state index in [4.69, 9.17) is 10.00 Å². The van der Waals surface area contributed by atoms with Gasteiger partial charge in [0.2, 0.25) is 0 Å². The normalized spacial score (nSPS) is 14.2. The van der Waals surface area contributed by atoms with E-state index in [9.17, 15) is 9.59 Å². The van der Waals surface area contributed by atoms with Crippen molar-refractivity contribution in [3.05, 3.63) is 59.2 Å². The first-order valence-electron chi connectivity index (χ1n) is 8.18. The highest BCUT2D eigenvalue weighted by Crippen LogP contribution is 2.33. The number of carbonyl (C=O) groups excluding carboxylic acids is 2. The molecule has 26 heavy (non-hydrogen) atoms. The van der Waals surface area contributed by atoms with E-state index in [2.05, 4.69) is 6.07 Å². The number of ether oxygens (including phenoxy) is 1. The highest BCUT2D eigenvalue weighted by atomic mass is 32.2. The van der Waals surface area contributed by atoms with E-state index in [0.29, 0.717) is 28.3 Å². The van der Waals surface area contributed by atoms with E-state index in [1.165, 1.54) is 16.7 Å². The van der Waals surface area contributed by atoms with E-state index in [0.717, 1.165) is 5.56 Å². The van der Waals surface area contributed by atoms with Crippen LogP contribution in [-0.2, 0) is 10.5 Å². The molecule has 0 fully saturated rings. The molecule has 132 valence electrons. The summed E-state index contributed by atoms with van der Waals surface area (Å²) in [5.74, 6) is 1.12. The molecular formula is C20H18N2O3S. The number of likely N-dealkylation sites (N-methyl/N-ethyl adjacent to an activating group) is 1. The zero-order valence-electron chi connectivity index (χ0n) is 14.6. The van der Waals surface area contributed by atoms with Crippen LogP contribution < -0.4 is 9.64 Å². The molecule has 0 N–H and O–H groups in total. The maximum Gasteiger partial charge on any atom is 0.264 e. The van der Waals surface area contributed by atoms with Crippen molar-refractivity contribution in [1.29, 1.82) is 5.26 Å². The Labute approximate surface area is 156 Å². The Morgan fingerprint density at radius 2 is 2.15 bits per heavy atom. The second kappa shape index (κ2) is 7.63. The first-order valence-corrected chi connectivity index (χ1v) is 9.22. The fraction of sp³-hybridized carbons (Fsp3) is 0.250. The Morgan fingerprint density at radius 3 is 2.92 bits per heavy atom. The summed E-state index contributed by atoms with van der Waals surface area (Å²) in [6.45, 7) is 1.89. The SMILES string of the molecule is CC(SCc1cccc(C#N)c1)C(=O)c1ccc2c(c1)N(C)C(=O)CO2. The topological polar surface area (TPSA) is 70.4 Å². The monoisotopic (exact) mass is 366 g/mol. The van der Waals surface area contributed by atoms with Gasteiger partial charge in [-0.05, 0) is 42.8 Å². The van der Waals surface area contributed by atoms with Crippen LogP contribution in [0.3, 0.4) is 0 Å². The molecule has 1 atom stereocenters. The van der Waals surface area contributed by atoms with Gasteiger partial charge >= 0.3 is 0 Å². The molecule has 1 amide bonds. The summed E-state index contributed by atoms with van der Waals surface area (Å²) in [6.07, 6.45) is 0. The van der Waals surface area contributed by atoms with Gasteiger partial charge < -0.3 is 9.64 Å². The minimum absolute atomic E-state index is 0.000611. The van der Waals surface area contributed by atoms with Gasteiger partial charge in [-0.2, -0.15) is 5.26 Å². The number of carbonyl (C=O) groups is 2. The molecule has 0 radical (unpaired) electrons. The number of ketones is 1. The van der Waals surface area contributed by atoms with Crippen molar-refractivity contribution in [2.45, 2.75) is 17.9 Å². The first kappa shape index (κ1) is 18.0. The molecule has 0 aliphatic carbocycles. The van der Waals surface area contributed by atoms with Crippen LogP contribution in [0.4, 0.5) is 5.69 Å². The van der Waals surface area contributed by atoms with Crippen molar-refractivity contribution >= 4 is 29.1 Å². The lowest BCUT2D eigenvalue weighted by Crippen LogP contribution is -2.35. The van der Waals surface area contributed by atoms with Crippen LogP contribution in [0, 0.1) is 11.3 Å². The molecule has 1 heterocycles. The summed E-state index contributed by atoms with van der Waals surface area (Å²) in [5, 5.41) is 8.72. The maximum atomic E-state index is 12.7. The molecule has 0 spiro atoms. The smallest absolute Gasteiger partial charge is 0.264 e. The summed E-state index contributed by atoms with van der Waals surface area (Å²) in [4.78, 5) is 26.0. The van der Waals surface area contributed by atoms with E-state index in [1.54, 1.807) is 31.3 Å². The van der Waals surface area contributed by atoms with Crippen molar-refractivity contribution in [3.8, 4) is 11.8 Å². The van der Waals surface area contributed by atoms with E-state index in [-0.39, 0.29) is 23.5 Å². The molecule has 5 nitrogen and oxygen atoms in total. The predicted octanol–water partition coefficient (Wildman–Crippen LogP) is 3.42.